The van der Waals surface area contributed by atoms with Gasteiger partial charge in [-0.15, -0.1) is 0 Å². The number of aromatic nitrogens is 2. The lowest BCUT2D eigenvalue weighted by Crippen LogP contribution is -2.42. The molecule has 0 radical (unpaired) electrons. The van der Waals surface area contributed by atoms with Gasteiger partial charge in [-0.3, -0.25) is 0 Å². The van der Waals surface area contributed by atoms with Crippen LogP contribution in [0, 0.1) is 6.92 Å². The van der Waals surface area contributed by atoms with Crippen LogP contribution in [0.1, 0.15) is 17.4 Å². The minimum atomic E-state index is 0.636. The molecule has 2 rings (SSSR count). The Labute approximate surface area is 72.4 Å². The molecule has 1 aliphatic heterocycles. The van der Waals surface area contributed by atoms with E-state index in [1.54, 1.807) is 0 Å². The smallest absolute Gasteiger partial charge is 0.125 e. The molecule has 0 aromatic carbocycles. The molecule has 0 bridgehead atoms. The lowest BCUT2D eigenvalue weighted by molar-refractivity contribution is 0.186. The fraction of sp³-hybridized carbons (Fsp3) is 0.556. The largest absolute Gasteiger partial charge is 0.305 e. The van der Waals surface area contributed by atoms with Gasteiger partial charge in [-0.2, -0.15) is 0 Å². The third-order valence-corrected chi connectivity index (χ3v) is 2.28. The highest BCUT2D eigenvalue weighted by molar-refractivity contribution is 5.12. The molecule has 64 valence electrons. The quantitative estimate of drug-likeness (QED) is 0.613. The van der Waals surface area contributed by atoms with Crippen LogP contribution < -0.4 is 0 Å². The normalized spacial score (nSPS) is 19.2. The van der Waals surface area contributed by atoms with E-state index in [1.807, 2.05) is 19.2 Å². The highest BCUT2D eigenvalue weighted by atomic mass is 15.2. The Morgan fingerprint density at radius 3 is 2.83 bits per heavy atom. The summed E-state index contributed by atoms with van der Waals surface area (Å²) in [5.41, 5.74) is 1.20. The minimum Gasteiger partial charge on any atom is -0.305 e. The van der Waals surface area contributed by atoms with Crippen molar-refractivity contribution in [2.45, 2.75) is 12.8 Å². The van der Waals surface area contributed by atoms with Crippen molar-refractivity contribution in [3.8, 4) is 0 Å². The molecule has 0 N–H and O–H groups in total. The third-order valence-electron chi connectivity index (χ3n) is 2.28. The number of rotatable bonds is 1. The fourth-order valence-electron chi connectivity index (χ4n) is 1.59. The summed E-state index contributed by atoms with van der Waals surface area (Å²) in [6, 6.07) is 2.02. The van der Waals surface area contributed by atoms with Crippen LogP contribution >= 0.6 is 0 Å². The van der Waals surface area contributed by atoms with Crippen molar-refractivity contribution in [1.29, 1.82) is 0 Å². The van der Waals surface area contributed by atoms with Crippen molar-refractivity contribution < 1.29 is 0 Å². The van der Waals surface area contributed by atoms with Crippen LogP contribution in [0.2, 0.25) is 0 Å². The summed E-state index contributed by atoms with van der Waals surface area (Å²) in [5, 5.41) is 0. The fourth-order valence-corrected chi connectivity index (χ4v) is 1.59. The Hall–Kier alpha value is -0.960. The van der Waals surface area contributed by atoms with Crippen molar-refractivity contribution in [3.63, 3.8) is 0 Å². The Balaban J connectivity index is 2.13. The SMILES string of the molecule is Cc1nccc(C2CN(C)C2)n1. The van der Waals surface area contributed by atoms with Gasteiger partial charge in [0.05, 0.1) is 0 Å². The Morgan fingerprint density at radius 2 is 2.25 bits per heavy atom. The molecule has 12 heavy (non-hydrogen) atoms. The Kier molecular flexibility index (Phi) is 1.81. The van der Waals surface area contributed by atoms with E-state index >= 15 is 0 Å². The van der Waals surface area contributed by atoms with Gasteiger partial charge in [0.25, 0.3) is 0 Å². The first-order valence-corrected chi connectivity index (χ1v) is 4.24. The molecule has 0 saturated carbocycles. The van der Waals surface area contributed by atoms with Gasteiger partial charge in [-0.25, -0.2) is 9.97 Å². The van der Waals surface area contributed by atoms with Crippen LogP contribution in [0.25, 0.3) is 0 Å². The van der Waals surface area contributed by atoms with Gasteiger partial charge in [0.2, 0.25) is 0 Å². The van der Waals surface area contributed by atoms with E-state index < -0.39 is 0 Å². The van der Waals surface area contributed by atoms with Crippen LogP contribution in [0.5, 0.6) is 0 Å². The average molecular weight is 163 g/mol. The van der Waals surface area contributed by atoms with Crippen molar-refractivity contribution in [2.75, 3.05) is 20.1 Å². The number of nitrogens with zero attached hydrogens (tertiary/aromatic N) is 3. The first-order valence-electron chi connectivity index (χ1n) is 4.24. The van der Waals surface area contributed by atoms with Crippen LogP contribution in [0.4, 0.5) is 0 Å². The van der Waals surface area contributed by atoms with Crippen molar-refractivity contribution in [1.82, 2.24) is 14.9 Å². The second-order valence-corrected chi connectivity index (χ2v) is 3.45. The summed E-state index contributed by atoms with van der Waals surface area (Å²) in [6.45, 7) is 4.21. The van der Waals surface area contributed by atoms with E-state index in [0.29, 0.717) is 5.92 Å². The lowest BCUT2D eigenvalue weighted by Gasteiger charge is -2.35. The molecule has 3 heteroatoms. The summed E-state index contributed by atoms with van der Waals surface area (Å²) >= 11 is 0. The number of hydrogen-bond acceptors (Lipinski definition) is 3. The first kappa shape index (κ1) is 7.68. The second kappa shape index (κ2) is 2.83. The standard InChI is InChI=1S/C9H13N3/c1-7-10-4-3-9(11-7)8-5-12(2)6-8/h3-4,8H,5-6H2,1-2H3. The van der Waals surface area contributed by atoms with Crippen molar-refractivity contribution in [3.05, 3.63) is 23.8 Å². The number of likely N-dealkylation sites (N-methyl/N-ethyl adjacent to an activating group) is 1. The summed E-state index contributed by atoms with van der Waals surface area (Å²) < 4.78 is 0. The minimum absolute atomic E-state index is 0.636. The summed E-state index contributed by atoms with van der Waals surface area (Å²) in [5.74, 6) is 1.51. The highest BCUT2D eigenvalue weighted by Crippen LogP contribution is 2.23. The van der Waals surface area contributed by atoms with Gasteiger partial charge >= 0.3 is 0 Å². The molecule has 1 aliphatic rings. The van der Waals surface area contributed by atoms with Gasteiger partial charge in [-0.05, 0) is 20.0 Å². The van der Waals surface area contributed by atoms with Crippen LogP contribution in [0.15, 0.2) is 12.3 Å². The highest BCUT2D eigenvalue weighted by Gasteiger charge is 2.25. The zero-order chi connectivity index (χ0) is 8.55. The molecule has 0 amide bonds. The maximum atomic E-state index is 4.39. The molecule has 0 spiro atoms. The number of hydrogen-bond donors (Lipinski definition) is 0. The summed E-state index contributed by atoms with van der Waals surface area (Å²) in [6.07, 6.45) is 1.84. The topological polar surface area (TPSA) is 29.0 Å². The molecule has 2 heterocycles. The number of likely N-dealkylation sites (tertiary alicyclic amines) is 1. The Bertz CT molecular complexity index is 279. The van der Waals surface area contributed by atoms with Gasteiger partial charge in [-0.1, -0.05) is 0 Å². The molecule has 1 fully saturated rings. The molecule has 1 saturated heterocycles. The van der Waals surface area contributed by atoms with E-state index in [2.05, 4.69) is 21.9 Å². The van der Waals surface area contributed by atoms with Crippen LogP contribution in [-0.2, 0) is 0 Å². The van der Waals surface area contributed by atoms with Gasteiger partial charge < -0.3 is 4.90 Å². The molecular formula is C9H13N3. The summed E-state index contributed by atoms with van der Waals surface area (Å²) in [7, 11) is 2.13. The third kappa shape index (κ3) is 1.32. The molecule has 0 unspecified atom stereocenters. The van der Waals surface area contributed by atoms with E-state index in [1.165, 1.54) is 5.69 Å². The Morgan fingerprint density at radius 1 is 1.50 bits per heavy atom. The van der Waals surface area contributed by atoms with E-state index in [0.717, 1.165) is 18.9 Å². The maximum Gasteiger partial charge on any atom is 0.125 e. The lowest BCUT2D eigenvalue weighted by atomic mass is 9.97. The zero-order valence-electron chi connectivity index (χ0n) is 7.49. The van der Waals surface area contributed by atoms with Crippen molar-refractivity contribution in [2.24, 2.45) is 0 Å². The van der Waals surface area contributed by atoms with Gasteiger partial charge in [0.15, 0.2) is 0 Å². The van der Waals surface area contributed by atoms with E-state index in [9.17, 15) is 0 Å². The monoisotopic (exact) mass is 163 g/mol. The van der Waals surface area contributed by atoms with Gasteiger partial charge in [0, 0.05) is 30.9 Å². The second-order valence-electron chi connectivity index (χ2n) is 3.45. The van der Waals surface area contributed by atoms with E-state index in [4.69, 9.17) is 0 Å². The maximum absolute atomic E-state index is 4.39. The predicted molar refractivity (Wildman–Crippen MR) is 47.0 cm³/mol. The predicted octanol–water partition coefficient (Wildman–Crippen LogP) is 0.814. The summed E-state index contributed by atoms with van der Waals surface area (Å²) in [4.78, 5) is 10.8. The van der Waals surface area contributed by atoms with Crippen LogP contribution in [-0.4, -0.2) is 35.0 Å². The van der Waals surface area contributed by atoms with Gasteiger partial charge in [0.1, 0.15) is 5.82 Å². The molecule has 1 aromatic rings. The molecule has 3 nitrogen and oxygen atoms in total. The van der Waals surface area contributed by atoms with Crippen LogP contribution in [0.3, 0.4) is 0 Å². The zero-order valence-corrected chi connectivity index (χ0v) is 7.49. The average Bonchev–Trinajstić information content (AvgIpc) is 1.99. The first-order chi connectivity index (χ1) is 5.75. The molecule has 0 atom stereocenters. The van der Waals surface area contributed by atoms with E-state index in [-0.39, 0.29) is 0 Å². The molecule has 1 aromatic heterocycles. The van der Waals surface area contributed by atoms with Crippen molar-refractivity contribution >= 4 is 0 Å². The molecule has 0 aliphatic carbocycles. The number of aryl methyl sites for hydroxylation is 1. The molecular weight excluding hydrogens is 150 g/mol.